The zero-order valence-corrected chi connectivity index (χ0v) is 23.6. The highest BCUT2D eigenvalue weighted by Gasteiger charge is 2.19. The van der Waals surface area contributed by atoms with Crippen molar-refractivity contribution >= 4 is 91.7 Å². The third kappa shape index (κ3) is 3.49. The Kier molecular flexibility index (Phi) is 5.13. The molecule has 0 N–H and O–H groups in total. The van der Waals surface area contributed by atoms with Gasteiger partial charge in [-0.1, -0.05) is 121 Å². The van der Waals surface area contributed by atoms with Gasteiger partial charge in [0.15, 0.2) is 0 Å². The van der Waals surface area contributed by atoms with Gasteiger partial charge in [0.1, 0.15) is 0 Å². The summed E-state index contributed by atoms with van der Waals surface area (Å²) in [7, 11) is 0. The molecule has 0 radical (unpaired) electrons. The van der Waals surface area contributed by atoms with Crippen LogP contribution in [0.15, 0.2) is 152 Å². The number of para-hydroxylation sites is 1. The van der Waals surface area contributed by atoms with Gasteiger partial charge in [-0.05, 0) is 68.0 Å². The Hall–Kier alpha value is -5.18. The minimum Gasteiger partial charge on any atom is -0.310 e. The lowest BCUT2D eigenvalue weighted by Gasteiger charge is -2.28. The van der Waals surface area contributed by atoms with Gasteiger partial charge in [0, 0.05) is 36.9 Å². The van der Waals surface area contributed by atoms with Crippen molar-refractivity contribution in [3.05, 3.63) is 152 Å². The lowest BCUT2D eigenvalue weighted by Crippen LogP contribution is -2.10. The number of hydrogen-bond donors (Lipinski definition) is 0. The fraction of sp³-hybridized carbons (Fsp3) is 0. The number of nitrogens with zero attached hydrogens (tertiary/aromatic N) is 1. The van der Waals surface area contributed by atoms with Crippen molar-refractivity contribution in [2.75, 3.05) is 4.90 Å². The molecule has 196 valence electrons. The summed E-state index contributed by atoms with van der Waals surface area (Å²) >= 11 is 1.89. The fourth-order valence-corrected chi connectivity index (χ4v) is 7.95. The Morgan fingerprint density at radius 2 is 1.00 bits per heavy atom. The van der Waals surface area contributed by atoms with Gasteiger partial charge in [-0.25, -0.2) is 0 Å². The van der Waals surface area contributed by atoms with E-state index >= 15 is 0 Å². The van der Waals surface area contributed by atoms with Gasteiger partial charge in [-0.3, -0.25) is 0 Å². The van der Waals surface area contributed by atoms with Gasteiger partial charge in [0.05, 0.1) is 5.69 Å². The van der Waals surface area contributed by atoms with E-state index in [2.05, 4.69) is 157 Å². The lowest BCUT2D eigenvalue weighted by atomic mass is 9.94. The Labute approximate surface area is 247 Å². The maximum absolute atomic E-state index is 2.43. The van der Waals surface area contributed by atoms with Gasteiger partial charge in [0.2, 0.25) is 0 Å². The predicted molar refractivity (Wildman–Crippen MR) is 184 cm³/mol. The summed E-state index contributed by atoms with van der Waals surface area (Å²) < 4.78 is 2.66. The molecule has 0 spiro atoms. The van der Waals surface area contributed by atoms with Crippen LogP contribution in [0.5, 0.6) is 0 Å². The molecular weight excluding hydrogens is 527 g/mol. The zero-order chi connectivity index (χ0) is 27.6. The van der Waals surface area contributed by atoms with E-state index in [0.29, 0.717) is 0 Å². The largest absolute Gasteiger partial charge is 0.310 e. The number of fused-ring (bicyclic) bond motifs is 10. The zero-order valence-electron chi connectivity index (χ0n) is 22.8. The molecule has 2 heteroatoms. The summed E-state index contributed by atoms with van der Waals surface area (Å²) in [5, 5.41) is 12.9. The van der Waals surface area contributed by atoms with Crippen molar-refractivity contribution in [1.29, 1.82) is 0 Å². The Bertz CT molecular complexity index is 2470. The summed E-state index contributed by atoms with van der Waals surface area (Å²) in [6.45, 7) is 0. The topological polar surface area (TPSA) is 3.24 Å². The molecule has 0 saturated carbocycles. The highest BCUT2D eigenvalue weighted by Crippen LogP contribution is 2.46. The average Bonchev–Trinajstić information content (AvgIpc) is 3.44. The van der Waals surface area contributed by atoms with Crippen LogP contribution in [0.1, 0.15) is 0 Å². The molecule has 0 amide bonds. The van der Waals surface area contributed by atoms with E-state index in [1.54, 1.807) is 0 Å². The minimum absolute atomic E-state index is 1.15. The minimum atomic E-state index is 1.15. The molecule has 9 rings (SSSR count). The predicted octanol–water partition coefficient (Wildman–Crippen LogP) is 12.1. The second-order valence-corrected chi connectivity index (χ2v) is 12.0. The van der Waals surface area contributed by atoms with Crippen LogP contribution in [0.25, 0.3) is 63.3 Å². The number of benzene rings is 8. The fourth-order valence-electron chi connectivity index (χ4n) is 6.68. The summed E-state index contributed by atoms with van der Waals surface area (Å²) in [4.78, 5) is 2.43. The van der Waals surface area contributed by atoms with Crippen molar-refractivity contribution in [3.8, 4) is 0 Å². The molecule has 1 heterocycles. The first-order chi connectivity index (χ1) is 20.8. The summed E-state index contributed by atoms with van der Waals surface area (Å²) in [6, 6.07) is 55.5. The monoisotopic (exact) mass is 551 g/mol. The van der Waals surface area contributed by atoms with E-state index in [1.165, 1.54) is 68.9 Å². The Balaban J connectivity index is 1.34. The first kappa shape index (κ1) is 23.5. The van der Waals surface area contributed by atoms with Crippen LogP contribution in [0, 0.1) is 0 Å². The van der Waals surface area contributed by atoms with Gasteiger partial charge >= 0.3 is 0 Å². The molecule has 0 atom stereocenters. The van der Waals surface area contributed by atoms with E-state index in [1.807, 2.05) is 11.3 Å². The van der Waals surface area contributed by atoms with E-state index in [-0.39, 0.29) is 0 Å². The van der Waals surface area contributed by atoms with Crippen LogP contribution in [-0.4, -0.2) is 0 Å². The molecule has 0 saturated heterocycles. The first-order valence-electron chi connectivity index (χ1n) is 14.4. The quantitative estimate of drug-likeness (QED) is 0.197. The van der Waals surface area contributed by atoms with Crippen molar-refractivity contribution in [3.63, 3.8) is 0 Å². The Morgan fingerprint density at radius 1 is 0.381 bits per heavy atom. The average molecular weight is 552 g/mol. The Morgan fingerprint density at radius 3 is 1.83 bits per heavy atom. The van der Waals surface area contributed by atoms with E-state index < -0.39 is 0 Å². The summed E-state index contributed by atoms with van der Waals surface area (Å²) in [5.41, 5.74) is 3.49. The van der Waals surface area contributed by atoms with Crippen molar-refractivity contribution < 1.29 is 0 Å². The van der Waals surface area contributed by atoms with E-state index in [4.69, 9.17) is 0 Å². The summed E-state index contributed by atoms with van der Waals surface area (Å²) in [6.07, 6.45) is 0. The molecular formula is C40H25NS. The molecule has 0 fully saturated rings. The van der Waals surface area contributed by atoms with Gasteiger partial charge in [-0.2, -0.15) is 0 Å². The number of thiophene rings is 1. The smallest absolute Gasteiger partial charge is 0.0546 e. The first-order valence-corrected chi connectivity index (χ1v) is 15.2. The standard InChI is InChI=1S/C40H25NS/c1-2-12-29(13-3-1)41(30-21-23-34-36-22-20-27-11-5-7-15-32(27)40(36)42-38(34)25-30)37-24-28-19-18-26-10-4-6-14-31(26)39(28)35-17-9-8-16-33(35)37/h1-25H. The van der Waals surface area contributed by atoms with E-state index in [0.717, 1.165) is 11.4 Å². The van der Waals surface area contributed by atoms with Crippen LogP contribution in [0.3, 0.4) is 0 Å². The highest BCUT2D eigenvalue weighted by atomic mass is 32.1. The number of anilines is 3. The SMILES string of the molecule is c1ccc(N(c2ccc3c(c2)sc2c4ccccc4ccc32)c2cc3ccc4ccccc4c3c3ccccc23)cc1. The second kappa shape index (κ2) is 9.17. The number of rotatable bonds is 3. The molecule has 0 bridgehead atoms. The maximum atomic E-state index is 2.43. The van der Waals surface area contributed by atoms with Crippen molar-refractivity contribution in [2.24, 2.45) is 0 Å². The third-order valence-corrected chi connectivity index (χ3v) is 9.79. The van der Waals surface area contributed by atoms with Crippen LogP contribution < -0.4 is 4.90 Å². The maximum Gasteiger partial charge on any atom is 0.0546 e. The van der Waals surface area contributed by atoms with E-state index in [9.17, 15) is 0 Å². The van der Waals surface area contributed by atoms with Crippen molar-refractivity contribution in [2.45, 2.75) is 0 Å². The van der Waals surface area contributed by atoms with Crippen molar-refractivity contribution in [1.82, 2.24) is 0 Å². The normalized spacial score (nSPS) is 11.8. The van der Waals surface area contributed by atoms with Gasteiger partial charge < -0.3 is 4.90 Å². The second-order valence-electron chi connectivity index (χ2n) is 10.9. The highest BCUT2D eigenvalue weighted by molar-refractivity contribution is 7.26. The van der Waals surface area contributed by atoms with Crippen LogP contribution in [0.4, 0.5) is 17.1 Å². The van der Waals surface area contributed by atoms with Crippen LogP contribution >= 0.6 is 11.3 Å². The molecule has 0 aliphatic heterocycles. The molecule has 9 aromatic rings. The summed E-state index contributed by atoms with van der Waals surface area (Å²) in [5.74, 6) is 0. The van der Waals surface area contributed by atoms with Crippen LogP contribution in [0.2, 0.25) is 0 Å². The van der Waals surface area contributed by atoms with Crippen LogP contribution in [-0.2, 0) is 0 Å². The molecule has 1 nitrogen and oxygen atoms in total. The number of hydrogen-bond acceptors (Lipinski definition) is 2. The molecule has 1 aromatic heterocycles. The molecule has 8 aromatic carbocycles. The van der Waals surface area contributed by atoms with Gasteiger partial charge in [0.25, 0.3) is 0 Å². The molecule has 0 unspecified atom stereocenters. The molecule has 0 aliphatic rings. The molecule has 42 heavy (non-hydrogen) atoms. The van der Waals surface area contributed by atoms with Gasteiger partial charge in [-0.15, -0.1) is 11.3 Å². The lowest BCUT2D eigenvalue weighted by molar-refractivity contribution is 1.31. The molecule has 0 aliphatic carbocycles. The third-order valence-electron chi connectivity index (χ3n) is 8.59.